The Morgan fingerprint density at radius 1 is 1.14 bits per heavy atom. The van der Waals surface area contributed by atoms with Crippen molar-refractivity contribution in [2.75, 3.05) is 35.8 Å². The van der Waals surface area contributed by atoms with Crippen LogP contribution in [0.1, 0.15) is 5.56 Å². The van der Waals surface area contributed by atoms with Gasteiger partial charge in [0.2, 0.25) is 0 Å². The molecule has 0 unspecified atom stereocenters. The first-order valence-electron chi connectivity index (χ1n) is 8.49. The van der Waals surface area contributed by atoms with E-state index in [4.69, 9.17) is 0 Å². The van der Waals surface area contributed by atoms with E-state index in [1.165, 1.54) is 30.3 Å². The Bertz CT molecular complexity index is 907. The molecular formula is C18H22ClF2N3O3S. The number of rotatable bonds is 6. The van der Waals surface area contributed by atoms with E-state index in [0.717, 1.165) is 37.4 Å². The van der Waals surface area contributed by atoms with Gasteiger partial charge in [-0.05, 0) is 36.8 Å². The summed E-state index contributed by atoms with van der Waals surface area (Å²) in [6.45, 7) is 2.23. The SMILES string of the molecule is Cc1ccc(S(=O)(=O)Nc2cccc(OC(F)F)c2)cc1N1CCNCC1.Cl. The molecule has 0 aromatic heterocycles. The zero-order chi connectivity index (χ0) is 19.4. The molecule has 1 aliphatic heterocycles. The highest BCUT2D eigenvalue weighted by atomic mass is 35.5. The summed E-state index contributed by atoms with van der Waals surface area (Å²) in [6.07, 6.45) is 0. The van der Waals surface area contributed by atoms with Gasteiger partial charge in [-0.3, -0.25) is 4.72 Å². The number of halogens is 3. The van der Waals surface area contributed by atoms with Crippen molar-refractivity contribution in [2.45, 2.75) is 18.4 Å². The van der Waals surface area contributed by atoms with Crippen LogP contribution in [0.3, 0.4) is 0 Å². The van der Waals surface area contributed by atoms with Crippen molar-refractivity contribution in [1.82, 2.24) is 5.32 Å². The van der Waals surface area contributed by atoms with E-state index in [-0.39, 0.29) is 28.7 Å². The lowest BCUT2D eigenvalue weighted by atomic mass is 10.1. The van der Waals surface area contributed by atoms with Gasteiger partial charge in [-0.2, -0.15) is 8.78 Å². The predicted octanol–water partition coefficient (Wildman–Crippen LogP) is 3.23. The number of hydrogen-bond acceptors (Lipinski definition) is 5. The van der Waals surface area contributed by atoms with E-state index in [1.807, 2.05) is 6.92 Å². The third-order valence-corrected chi connectivity index (χ3v) is 5.64. The van der Waals surface area contributed by atoms with Gasteiger partial charge in [0.25, 0.3) is 10.0 Å². The quantitative estimate of drug-likeness (QED) is 0.732. The summed E-state index contributed by atoms with van der Waals surface area (Å²) in [5.74, 6) is -0.115. The first-order valence-corrected chi connectivity index (χ1v) is 9.97. The van der Waals surface area contributed by atoms with Crippen molar-refractivity contribution >= 4 is 33.8 Å². The average molecular weight is 434 g/mol. The van der Waals surface area contributed by atoms with Crippen LogP contribution >= 0.6 is 12.4 Å². The van der Waals surface area contributed by atoms with E-state index in [9.17, 15) is 17.2 Å². The Balaban J connectivity index is 0.00000280. The average Bonchev–Trinajstić information content (AvgIpc) is 2.62. The van der Waals surface area contributed by atoms with Gasteiger partial charge in [0, 0.05) is 37.9 Å². The summed E-state index contributed by atoms with van der Waals surface area (Å²) in [4.78, 5) is 2.25. The molecule has 1 saturated heterocycles. The zero-order valence-electron chi connectivity index (χ0n) is 15.2. The maximum atomic E-state index is 12.8. The molecule has 0 bridgehead atoms. The van der Waals surface area contributed by atoms with Crippen LogP contribution in [0, 0.1) is 6.92 Å². The zero-order valence-corrected chi connectivity index (χ0v) is 16.8. The third-order valence-electron chi connectivity index (χ3n) is 4.26. The number of sulfonamides is 1. The van der Waals surface area contributed by atoms with Crippen LogP contribution in [-0.4, -0.2) is 41.2 Å². The number of ether oxygens (including phenoxy) is 1. The molecule has 2 N–H and O–H groups in total. The maximum Gasteiger partial charge on any atom is 0.387 e. The number of nitrogens with one attached hydrogen (secondary N) is 2. The van der Waals surface area contributed by atoms with Gasteiger partial charge in [0.1, 0.15) is 5.75 Å². The number of hydrogen-bond donors (Lipinski definition) is 2. The molecule has 2 aromatic rings. The summed E-state index contributed by atoms with van der Waals surface area (Å²) in [5.41, 5.74) is 2.01. The Labute approximate surface area is 169 Å². The molecule has 28 heavy (non-hydrogen) atoms. The van der Waals surface area contributed by atoms with Crippen molar-refractivity contribution < 1.29 is 21.9 Å². The van der Waals surface area contributed by atoms with Gasteiger partial charge < -0.3 is 15.0 Å². The second kappa shape index (κ2) is 9.40. The van der Waals surface area contributed by atoms with Crippen LogP contribution in [0.15, 0.2) is 47.4 Å². The van der Waals surface area contributed by atoms with Gasteiger partial charge in [-0.1, -0.05) is 12.1 Å². The minimum absolute atomic E-state index is 0. The lowest BCUT2D eigenvalue weighted by molar-refractivity contribution is -0.0497. The number of alkyl halides is 2. The van der Waals surface area contributed by atoms with Crippen LogP contribution in [0.5, 0.6) is 5.75 Å². The molecule has 1 aliphatic rings. The molecule has 3 rings (SSSR count). The highest BCUT2D eigenvalue weighted by molar-refractivity contribution is 7.92. The Kier molecular flexibility index (Phi) is 7.45. The number of benzene rings is 2. The maximum absolute atomic E-state index is 12.8. The minimum atomic E-state index is -3.87. The summed E-state index contributed by atoms with van der Waals surface area (Å²) >= 11 is 0. The van der Waals surface area contributed by atoms with Crippen LogP contribution in [0.4, 0.5) is 20.2 Å². The molecule has 154 valence electrons. The monoisotopic (exact) mass is 433 g/mol. The number of anilines is 2. The molecule has 0 atom stereocenters. The molecule has 1 heterocycles. The molecular weight excluding hydrogens is 412 g/mol. The van der Waals surface area contributed by atoms with Crippen molar-refractivity contribution in [1.29, 1.82) is 0 Å². The Morgan fingerprint density at radius 2 is 1.86 bits per heavy atom. The highest BCUT2D eigenvalue weighted by Gasteiger charge is 2.19. The Morgan fingerprint density at radius 3 is 2.54 bits per heavy atom. The van der Waals surface area contributed by atoms with Gasteiger partial charge >= 0.3 is 6.61 Å². The van der Waals surface area contributed by atoms with Gasteiger partial charge in [0.05, 0.1) is 10.6 Å². The van der Waals surface area contributed by atoms with E-state index < -0.39 is 16.6 Å². The Hall–Kier alpha value is -2.10. The highest BCUT2D eigenvalue weighted by Crippen LogP contribution is 2.27. The molecule has 1 fully saturated rings. The van der Waals surface area contributed by atoms with Gasteiger partial charge in [-0.25, -0.2) is 8.42 Å². The van der Waals surface area contributed by atoms with Crippen molar-refractivity contribution in [3.63, 3.8) is 0 Å². The second-order valence-electron chi connectivity index (χ2n) is 6.20. The molecule has 0 radical (unpaired) electrons. The predicted molar refractivity (Wildman–Crippen MR) is 107 cm³/mol. The van der Waals surface area contributed by atoms with Crippen molar-refractivity contribution in [3.8, 4) is 5.75 Å². The molecule has 0 saturated carbocycles. The van der Waals surface area contributed by atoms with Crippen LogP contribution in [-0.2, 0) is 10.0 Å². The summed E-state index contributed by atoms with van der Waals surface area (Å²) in [7, 11) is -3.87. The minimum Gasteiger partial charge on any atom is -0.435 e. The largest absolute Gasteiger partial charge is 0.435 e. The standard InChI is InChI=1S/C18H21F2N3O3S.ClH/c1-13-5-6-16(12-17(13)23-9-7-21-8-10-23)27(24,25)22-14-3-2-4-15(11-14)26-18(19)20;/h2-6,11-12,18,21-22H,7-10H2,1H3;1H. The first-order chi connectivity index (χ1) is 12.8. The normalized spacial score (nSPS) is 14.5. The van der Waals surface area contributed by atoms with Crippen molar-refractivity contribution in [3.05, 3.63) is 48.0 Å². The molecule has 0 spiro atoms. The van der Waals surface area contributed by atoms with Crippen LogP contribution in [0.25, 0.3) is 0 Å². The lowest BCUT2D eigenvalue weighted by Gasteiger charge is -2.31. The summed E-state index contributed by atoms with van der Waals surface area (Å²) < 4.78 is 56.9. The molecule has 2 aromatic carbocycles. The van der Waals surface area contributed by atoms with Crippen LogP contribution < -0.4 is 19.7 Å². The lowest BCUT2D eigenvalue weighted by Crippen LogP contribution is -2.43. The number of piperazine rings is 1. The molecule has 10 heteroatoms. The first kappa shape index (κ1) is 22.2. The topological polar surface area (TPSA) is 70.7 Å². The fourth-order valence-corrected chi connectivity index (χ4v) is 4.02. The number of nitrogens with zero attached hydrogens (tertiary/aromatic N) is 1. The molecule has 0 aliphatic carbocycles. The summed E-state index contributed by atoms with van der Waals surface area (Å²) in [5, 5.41) is 3.26. The van der Waals surface area contributed by atoms with Gasteiger partial charge in [0.15, 0.2) is 0 Å². The third kappa shape index (κ3) is 5.46. The van der Waals surface area contributed by atoms with Crippen LogP contribution in [0.2, 0.25) is 0 Å². The smallest absolute Gasteiger partial charge is 0.387 e. The van der Waals surface area contributed by atoms with E-state index in [1.54, 1.807) is 12.1 Å². The fourth-order valence-electron chi connectivity index (χ4n) is 2.95. The summed E-state index contributed by atoms with van der Waals surface area (Å²) in [6, 6.07) is 10.4. The molecule has 6 nitrogen and oxygen atoms in total. The van der Waals surface area contributed by atoms with E-state index >= 15 is 0 Å². The molecule has 0 amide bonds. The number of aryl methyl sites for hydroxylation is 1. The second-order valence-corrected chi connectivity index (χ2v) is 7.88. The fraction of sp³-hybridized carbons (Fsp3) is 0.333. The van der Waals surface area contributed by atoms with E-state index in [0.29, 0.717) is 0 Å². The van der Waals surface area contributed by atoms with E-state index in [2.05, 4.69) is 19.7 Å². The van der Waals surface area contributed by atoms with Gasteiger partial charge in [-0.15, -0.1) is 12.4 Å². The van der Waals surface area contributed by atoms with Crippen molar-refractivity contribution in [2.24, 2.45) is 0 Å².